The molecule has 0 bridgehead atoms. The van der Waals surface area contributed by atoms with E-state index < -0.39 is 9.84 Å². The fraction of sp³-hybridized carbons (Fsp3) is 0.238. The molecule has 3 rings (SSSR count). The summed E-state index contributed by atoms with van der Waals surface area (Å²) in [6, 6.07) is 13.7. The largest absolute Gasteiger partial charge is 0.306 e. The standard InChI is InChI=1S/C21H22ClN3O3S/c1-15(2)25(18-8-10-19(11-9-18)29(3,27)28)21(26)17-12-23-24(14-17)13-16-6-4-5-7-20(16)22/h4-12,14-15H,13H2,1-3H3. The molecular weight excluding hydrogens is 410 g/mol. The first-order valence-corrected chi connectivity index (χ1v) is 11.3. The Morgan fingerprint density at radius 1 is 1.14 bits per heavy atom. The van der Waals surface area contributed by atoms with E-state index in [-0.39, 0.29) is 16.8 Å². The molecule has 0 aliphatic heterocycles. The lowest BCUT2D eigenvalue weighted by molar-refractivity contribution is 0.0980. The molecular formula is C21H22ClN3O3S. The number of nitrogens with zero attached hydrogens (tertiary/aromatic N) is 3. The summed E-state index contributed by atoms with van der Waals surface area (Å²) >= 11 is 6.20. The summed E-state index contributed by atoms with van der Waals surface area (Å²) in [5.41, 5.74) is 1.97. The first-order chi connectivity index (χ1) is 13.7. The number of hydrogen-bond acceptors (Lipinski definition) is 4. The SMILES string of the molecule is CC(C)N(C(=O)c1cnn(Cc2ccccc2Cl)c1)c1ccc(S(C)(=O)=O)cc1. The summed E-state index contributed by atoms with van der Waals surface area (Å²) in [5.74, 6) is -0.211. The third-order valence-electron chi connectivity index (χ3n) is 4.45. The molecule has 0 unspecified atom stereocenters. The van der Waals surface area contributed by atoms with Crippen LogP contribution in [0.25, 0.3) is 0 Å². The Labute approximate surface area is 175 Å². The fourth-order valence-corrected chi connectivity index (χ4v) is 3.83. The van der Waals surface area contributed by atoms with Gasteiger partial charge in [-0.05, 0) is 49.7 Å². The van der Waals surface area contributed by atoms with Crippen LogP contribution < -0.4 is 4.90 Å². The number of amides is 1. The molecule has 0 radical (unpaired) electrons. The molecule has 3 aromatic rings. The van der Waals surface area contributed by atoms with Crippen LogP contribution in [0.2, 0.25) is 5.02 Å². The maximum atomic E-state index is 13.1. The zero-order valence-electron chi connectivity index (χ0n) is 16.4. The Hall–Kier alpha value is -2.64. The molecule has 0 saturated carbocycles. The topological polar surface area (TPSA) is 72.3 Å². The summed E-state index contributed by atoms with van der Waals surface area (Å²) in [4.78, 5) is 15.0. The van der Waals surface area contributed by atoms with Gasteiger partial charge in [0, 0.05) is 29.2 Å². The van der Waals surface area contributed by atoms with E-state index in [9.17, 15) is 13.2 Å². The maximum absolute atomic E-state index is 13.1. The number of sulfone groups is 1. The molecule has 1 amide bonds. The lowest BCUT2D eigenvalue weighted by atomic mass is 10.2. The van der Waals surface area contributed by atoms with Crippen molar-refractivity contribution in [1.82, 2.24) is 9.78 Å². The normalized spacial score (nSPS) is 11.6. The first-order valence-electron chi connectivity index (χ1n) is 9.06. The second-order valence-corrected chi connectivity index (χ2v) is 9.48. The number of rotatable bonds is 6. The first kappa shape index (κ1) is 21.1. The lowest BCUT2D eigenvalue weighted by Gasteiger charge is -2.26. The van der Waals surface area contributed by atoms with Crippen molar-refractivity contribution in [2.75, 3.05) is 11.2 Å². The van der Waals surface area contributed by atoms with Crippen LogP contribution >= 0.6 is 11.6 Å². The second kappa shape index (κ2) is 8.39. The van der Waals surface area contributed by atoms with Crippen LogP contribution in [-0.4, -0.2) is 36.4 Å². The van der Waals surface area contributed by atoms with E-state index in [0.29, 0.717) is 22.8 Å². The summed E-state index contributed by atoms with van der Waals surface area (Å²) in [6.07, 6.45) is 4.37. The van der Waals surface area contributed by atoms with Crippen LogP contribution in [0.15, 0.2) is 65.8 Å². The molecule has 0 fully saturated rings. The molecule has 0 saturated heterocycles. The van der Waals surface area contributed by atoms with Gasteiger partial charge in [-0.3, -0.25) is 9.48 Å². The second-order valence-electron chi connectivity index (χ2n) is 7.05. The number of carbonyl (C=O) groups excluding carboxylic acids is 1. The Kier molecular flexibility index (Phi) is 6.10. The Morgan fingerprint density at radius 2 is 1.79 bits per heavy atom. The highest BCUT2D eigenvalue weighted by molar-refractivity contribution is 7.90. The third-order valence-corrected chi connectivity index (χ3v) is 5.95. The number of anilines is 1. The van der Waals surface area contributed by atoms with Gasteiger partial charge in [0.1, 0.15) is 0 Å². The molecule has 2 aromatic carbocycles. The number of aromatic nitrogens is 2. The molecule has 152 valence electrons. The monoisotopic (exact) mass is 431 g/mol. The van der Waals surface area contributed by atoms with Gasteiger partial charge in [-0.25, -0.2) is 8.42 Å². The Balaban J connectivity index is 1.85. The predicted molar refractivity (Wildman–Crippen MR) is 114 cm³/mol. The molecule has 0 aliphatic rings. The van der Waals surface area contributed by atoms with Crippen LogP contribution in [0.1, 0.15) is 29.8 Å². The Morgan fingerprint density at radius 3 is 2.38 bits per heavy atom. The number of halogens is 1. The van der Waals surface area contributed by atoms with Crippen molar-refractivity contribution >= 4 is 33.0 Å². The molecule has 0 N–H and O–H groups in total. The number of hydrogen-bond donors (Lipinski definition) is 0. The van der Waals surface area contributed by atoms with Gasteiger partial charge in [0.2, 0.25) is 0 Å². The van der Waals surface area contributed by atoms with Gasteiger partial charge in [-0.2, -0.15) is 5.10 Å². The van der Waals surface area contributed by atoms with Gasteiger partial charge >= 0.3 is 0 Å². The summed E-state index contributed by atoms with van der Waals surface area (Å²) < 4.78 is 25.0. The van der Waals surface area contributed by atoms with E-state index >= 15 is 0 Å². The van der Waals surface area contributed by atoms with E-state index in [4.69, 9.17) is 11.6 Å². The zero-order valence-corrected chi connectivity index (χ0v) is 18.0. The smallest absolute Gasteiger partial charge is 0.261 e. The van der Waals surface area contributed by atoms with Crippen molar-refractivity contribution in [3.8, 4) is 0 Å². The lowest BCUT2D eigenvalue weighted by Crippen LogP contribution is -2.36. The average Bonchev–Trinajstić information content (AvgIpc) is 3.12. The van der Waals surface area contributed by atoms with E-state index in [0.717, 1.165) is 11.8 Å². The minimum Gasteiger partial charge on any atom is -0.306 e. The third kappa shape index (κ3) is 4.86. The summed E-state index contributed by atoms with van der Waals surface area (Å²) in [6.45, 7) is 4.25. The minimum atomic E-state index is -3.30. The average molecular weight is 432 g/mol. The maximum Gasteiger partial charge on any atom is 0.261 e. The van der Waals surface area contributed by atoms with E-state index in [2.05, 4.69) is 5.10 Å². The molecule has 6 nitrogen and oxygen atoms in total. The van der Waals surface area contributed by atoms with Crippen LogP contribution in [0.5, 0.6) is 0 Å². The van der Waals surface area contributed by atoms with Crippen molar-refractivity contribution in [3.63, 3.8) is 0 Å². The van der Waals surface area contributed by atoms with Gasteiger partial charge in [0.05, 0.1) is 23.2 Å². The quantitative estimate of drug-likeness (QED) is 0.590. The van der Waals surface area contributed by atoms with E-state index in [1.54, 1.807) is 27.9 Å². The van der Waals surface area contributed by atoms with Gasteiger partial charge < -0.3 is 4.90 Å². The highest BCUT2D eigenvalue weighted by Gasteiger charge is 2.22. The van der Waals surface area contributed by atoms with Crippen LogP contribution in [0.4, 0.5) is 5.69 Å². The van der Waals surface area contributed by atoms with Gasteiger partial charge in [0.25, 0.3) is 5.91 Å². The van der Waals surface area contributed by atoms with Crippen molar-refractivity contribution < 1.29 is 13.2 Å². The highest BCUT2D eigenvalue weighted by Crippen LogP contribution is 2.23. The van der Waals surface area contributed by atoms with E-state index in [1.165, 1.54) is 18.3 Å². The van der Waals surface area contributed by atoms with Crippen LogP contribution in [0.3, 0.4) is 0 Å². The zero-order chi connectivity index (χ0) is 21.2. The van der Waals surface area contributed by atoms with Gasteiger partial charge in [0.15, 0.2) is 9.84 Å². The molecule has 0 spiro atoms. The minimum absolute atomic E-state index is 0.126. The van der Waals surface area contributed by atoms with Gasteiger partial charge in [-0.1, -0.05) is 29.8 Å². The van der Waals surface area contributed by atoms with Crippen LogP contribution in [-0.2, 0) is 16.4 Å². The van der Waals surface area contributed by atoms with Crippen molar-refractivity contribution in [3.05, 3.63) is 77.1 Å². The molecule has 0 aliphatic carbocycles. The number of benzene rings is 2. The summed E-state index contributed by atoms with van der Waals surface area (Å²) in [7, 11) is -3.30. The molecule has 29 heavy (non-hydrogen) atoms. The molecule has 8 heteroatoms. The Bertz CT molecular complexity index is 1120. The molecule has 1 aromatic heterocycles. The highest BCUT2D eigenvalue weighted by atomic mass is 35.5. The van der Waals surface area contributed by atoms with Crippen LogP contribution in [0, 0.1) is 0 Å². The molecule has 1 heterocycles. The number of carbonyl (C=O) groups is 1. The van der Waals surface area contributed by atoms with E-state index in [1.807, 2.05) is 38.1 Å². The predicted octanol–water partition coefficient (Wildman–Crippen LogP) is 4.04. The van der Waals surface area contributed by atoms with Crippen molar-refractivity contribution in [2.24, 2.45) is 0 Å². The van der Waals surface area contributed by atoms with Crippen molar-refractivity contribution in [2.45, 2.75) is 31.3 Å². The van der Waals surface area contributed by atoms with Crippen molar-refractivity contribution in [1.29, 1.82) is 0 Å². The van der Waals surface area contributed by atoms with Gasteiger partial charge in [-0.15, -0.1) is 0 Å². The fourth-order valence-electron chi connectivity index (χ4n) is 3.00. The molecule has 0 atom stereocenters. The summed E-state index contributed by atoms with van der Waals surface area (Å²) in [5, 5.41) is 4.93.